The highest BCUT2D eigenvalue weighted by Crippen LogP contribution is 2.15. The van der Waals surface area contributed by atoms with Crippen molar-refractivity contribution in [3.63, 3.8) is 0 Å². The Morgan fingerprint density at radius 2 is 1.91 bits per heavy atom. The van der Waals surface area contributed by atoms with Crippen molar-refractivity contribution < 1.29 is 14.3 Å². The van der Waals surface area contributed by atoms with E-state index in [9.17, 15) is 9.59 Å². The van der Waals surface area contributed by atoms with Gasteiger partial charge in [-0.3, -0.25) is 14.5 Å². The Balaban J connectivity index is 1.38. The summed E-state index contributed by atoms with van der Waals surface area (Å²) < 4.78 is 6.27. The van der Waals surface area contributed by atoms with E-state index in [4.69, 9.17) is 4.74 Å². The van der Waals surface area contributed by atoms with Crippen LogP contribution in [-0.2, 0) is 27.5 Å². The van der Waals surface area contributed by atoms with Crippen molar-refractivity contribution >= 4 is 11.8 Å². The lowest BCUT2D eigenvalue weighted by atomic mass is 10.2. The van der Waals surface area contributed by atoms with Crippen LogP contribution in [0.3, 0.4) is 0 Å². The van der Waals surface area contributed by atoms with Gasteiger partial charge in [-0.05, 0) is 25.3 Å². The van der Waals surface area contributed by atoms with E-state index in [0.29, 0.717) is 45.8 Å². The summed E-state index contributed by atoms with van der Waals surface area (Å²) >= 11 is 0. The maximum absolute atomic E-state index is 13.1. The Morgan fingerprint density at radius 3 is 2.62 bits per heavy atom. The first kappa shape index (κ1) is 22.5. The number of nitrogens with one attached hydrogen (secondary N) is 1. The lowest BCUT2D eigenvalue weighted by molar-refractivity contribution is -0.132. The zero-order valence-electron chi connectivity index (χ0n) is 18.8. The first-order chi connectivity index (χ1) is 15.6. The molecule has 2 saturated heterocycles. The molecule has 1 atom stereocenters. The number of carbonyl (C=O) groups excluding carboxylic acids is 2. The summed E-state index contributed by atoms with van der Waals surface area (Å²) in [6.07, 6.45) is 4.14. The van der Waals surface area contributed by atoms with Crippen molar-refractivity contribution in [2.45, 2.75) is 45.4 Å². The number of aromatic amines is 1. The SMILES string of the molecule is Cc1ncc(CN2CC(=O)N(CCCN3CCCC3=O)CC(OCc3ccccc3)C2)[nH]1. The highest BCUT2D eigenvalue weighted by atomic mass is 16.5. The van der Waals surface area contributed by atoms with E-state index in [-0.39, 0.29) is 17.9 Å². The smallest absolute Gasteiger partial charge is 0.236 e. The summed E-state index contributed by atoms with van der Waals surface area (Å²) in [5.74, 6) is 1.22. The maximum Gasteiger partial charge on any atom is 0.236 e. The fourth-order valence-corrected chi connectivity index (χ4v) is 4.47. The number of carbonyl (C=O) groups is 2. The number of hydrogen-bond donors (Lipinski definition) is 1. The van der Waals surface area contributed by atoms with Gasteiger partial charge < -0.3 is 19.5 Å². The average Bonchev–Trinajstić information content (AvgIpc) is 3.35. The highest BCUT2D eigenvalue weighted by molar-refractivity contribution is 5.79. The second-order valence-electron chi connectivity index (χ2n) is 8.76. The Hall–Kier alpha value is -2.71. The monoisotopic (exact) mass is 439 g/mol. The number of ether oxygens (including phenoxy) is 1. The van der Waals surface area contributed by atoms with E-state index in [1.807, 2.05) is 41.1 Å². The van der Waals surface area contributed by atoms with Gasteiger partial charge in [0.05, 0.1) is 19.3 Å². The molecule has 2 aliphatic heterocycles. The molecule has 1 aromatic heterocycles. The van der Waals surface area contributed by atoms with Crippen LogP contribution in [0.15, 0.2) is 36.5 Å². The zero-order valence-corrected chi connectivity index (χ0v) is 18.8. The van der Waals surface area contributed by atoms with Gasteiger partial charge in [0, 0.05) is 57.6 Å². The maximum atomic E-state index is 13.1. The normalized spacial score (nSPS) is 20.2. The van der Waals surface area contributed by atoms with Crippen LogP contribution in [0.5, 0.6) is 0 Å². The first-order valence-corrected chi connectivity index (χ1v) is 11.5. The van der Waals surface area contributed by atoms with E-state index in [1.165, 1.54) is 0 Å². The number of rotatable bonds is 9. The second-order valence-corrected chi connectivity index (χ2v) is 8.76. The van der Waals surface area contributed by atoms with Crippen LogP contribution in [0, 0.1) is 6.92 Å². The molecule has 4 rings (SSSR count). The van der Waals surface area contributed by atoms with Crippen molar-refractivity contribution in [1.29, 1.82) is 0 Å². The third-order valence-corrected chi connectivity index (χ3v) is 6.10. The van der Waals surface area contributed by atoms with E-state index in [2.05, 4.69) is 27.0 Å². The Morgan fingerprint density at radius 1 is 1.09 bits per heavy atom. The summed E-state index contributed by atoms with van der Waals surface area (Å²) in [5.41, 5.74) is 2.12. The number of likely N-dealkylation sites (tertiary alicyclic amines) is 1. The molecular weight excluding hydrogens is 406 g/mol. The summed E-state index contributed by atoms with van der Waals surface area (Å²) in [4.78, 5) is 38.4. The van der Waals surface area contributed by atoms with Crippen molar-refractivity contribution in [3.8, 4) is 0 Å². The molecule has 32 heavy (non-hydrogen) atoms. The van der Waals surface area contributed by atoms with Crippen LogP contribution >= 0.6 is 0 Å². The molecule has 0 aliphatic carbocycles. The molecule has 3 heterocycles. The number of imidazole rings is 1. The summed E-state index contributed by atoms with van der Waals surface area (Å²) in [6, 6.07) is 10.1. The van der Waals surface area contributed by atoms with Gasteiger partial charge in [0.1, 0.15) is 5.82 Å². The molecule has 8 nitrogen and oxygen atoms in total. The van der Waals surface area contributed by atoms with E-state index in [0.717, 1.165) is 43.0 Å². The standard InChI is InChI=1S/C24H33N5O3/c1-19-25-13-21(26-19)14-27-15-22(32-18-20-7-3-2-4-8-20)16-29(24(31)17-27)12-6-11-28-10-5-9-23(28)30/h2-4,7-8,13,22H,5-6,9-12,14-18H2,1H3,(H,25,26). The lowest BCUT2D eigenvalue weighted by Crippen LogP contribution is -2.39. The molecule has 2 fully saturated rings. The van der Waals surface area contributed by atoms with Gasteiger partial charge in [-0.1, -0.05) is 30.3 Å². The molecule has 2 aliphatic rings. The molecule has 0 radical (unpaired) electrons. The van der Waals surface area contributed by atoms with Gasteiger partial charge in [-0.2, -0.15) is 0 Å². The minimum absolute atomic E-state index is 0.0842. The number of amides is 2. The van der Waals surface area contributed by atoms with Crippen LogP contribution < -0.4 is 0 Å². The van der Waals surface area contributed by atoms with Gasteiger partial charge in [0.15, 0.2) is 0 Å². The summed E-state index contributed by atoms with van der Waals surface area (Å²) in [5, 5.41) is 0. The second kappa shape index (κ2) is 10.7. The fraction of sp³-hybridized carbons (Fsp3) is 0.542. The fourth-order valence-electron chi connectivity index (χ4n) is 4.47. The third kappa shape index (κ3) is 6.17. The Bertz CT molecular complexity index is 900. The molecule has 1 aromatic carbocycles. The van der Waals surface area contributed by atoms with Crippen LogP contribution in [0.4, 0.5) is 0 Å². The molecule has 0 saturated carbocycles. The van der Waals surface area contributed by atoms with Crippen LogP contribution in [0.2, 0.25) is 0 Å². The molecule has 1 N–H and O–H groups in total. The molecule has 0 spiro atoms. The van der Waals surface area contributed by atoms with Gasteiger partial charge in [0.25, 0.3) is 0 Å². The Labute approximate surface area is 189 Å². The number of hydrogen-bond acceptors (Lipinski definition) is 5. The first-order valence-electron chi connectivity index (χ1n) is 11.5. The average molecular weight is 440 g/mol. The number of aryl methyl sites for hydroxylation is 1. The van der Waals surface area contributed by atoms with Crippen LogP contribution in [0.25, 0.3) is 0 Å². The molecule has 1 unspecified atom stereocenters. The van der Waals surface area contributed by atoms with Gasteiger partial charge in [-0.25, -0.2) is 4.98 Å². The van der Waals surface area contributed by atoms with Crippen molar-refractivity contribution in [1.82, 2.24) is 24.7 Å². The van der Waals surface area contributed by atoms with E-state index < -0.39 is 0 Å². The predicted molar refractivity (Wildman–Crippen MR) is 121 cm³/mol. The van der Waals surface area contributed by atoms with Gasteiger partial charge >= 0.3 is 0 Å². The number of H-pyrrole nitrogens is 1. The molecule has 8 heteroatoms. The molecular formula is C24H33N5O3. The molecule has 2 aromatic rings. The van der Waals surface area contributed by atoms with Crippen molar-refractivity contribution in [3.05, 3.63) is 53.6 Å². The largest absolute Gasteiger partial charge is 0.370 e. The Kier molecular flexibility index (Phi) is 7.55. The molecule has 172 valence electrons. The summed E-state index contributed by atoms with van der Waals surface area (Å²) in [7, 11) is 0. The quantitative estimate of drug-likeness (QED) is 0.646. The number of nitrogens with zero attached hydrogens (tertiary/aromatic N) is 4. The van der Waals surface area contributed by atoms with Gasteiger partial charge in [0.2, 0.25) is 11.8 Å². The van der Waals surface area contributed by atoms with Gasteiger partial charge in [-0.15, -0.1) is 0 Å². The summed E-state index contributed by atoms with van der Waals surface area (Å²) in [6.45, 7) is 6.88. The number of aromatic nitrogens is 2. The van der Waals surface area contributed by atoms with E-state index >= 15 is 0 Å². The minimum atomic E-state index is -0.0842. The highest BCUT2D eigenvalue weighted by Gasteiger charge is 2.29. The molecule has 2 amide bonds. The van der Waals surface area contributed by atoms with Crippen LogP contribution in [-0.4, -0.2) is 81.9 Å². The number of benzene rings is 1. The van der Waals surface area contributed by atoms with E-state index in [1.54, 1.807) is 0 Å². The van der Waals surface area contributed by atoms with Crippen molar-refractivity contribution in [2.24, 2.45) is 0 Å². The minimum Gasteiger partial charge on any atom is -0.370 e. The predicted octanol–water partition coefficient (Wildman–Crippen LogP) is 1.96. The van der Waals surface area contributed by atoms with Crippen molar-refractivity contribution in [2.75, 3.05) is 39.3 Å². The zero-order chi connectivity index (χ0) is 22.3. The third-order valence-electron chi connectivity index (χ3n) is 6.10. The topological polar surface area (TPSA) is 81.8 Å². The lowest BCUT2D eigenvalue weighted by Gasteiger charge is -2.25. The molecule has 0 bridgehead atoms. The van der Waals surface area contributed by atoms with Crippen LogP contribution in [0.1, 0.15) is 36.3 Å².